The first-order chi connectivity index (χ1) is 11.9. The summed E-state index contributed by atoms with van der Waals surface area (Å²) in [4.78, 5) is 4.25. The van der Waals surface area contributed by atoms with Crippen LogP contribution in [0.5, 0.6) is 0 Å². The summed E-state index contributed by atoms with van der Waals surface area (Å²) in [5.74, 6) is 0.833. The van der Waals surface area contributed by atoms with Crippen LogP contribution in [-0.4, -0.2) is 28.8 Å². The van der Waals surface area contributed by atoms with Crippen molar-refractivity contribution in [1.82, 2.24) is 15.2 Å². The van der Waals surface area contributed by atoms with Crippen LogP contribution in [0.4, 0.5) is 11.6 Å². The van der Waals surface area contributed by atoms with Gasteiger partial charge in [0, 0.05) is 6.07 Å². The first kappa shape index (κ1) is 17.4. The molecule has 1 aromatic carbocycles. The van der Waals surface area contributed by atoms with Crippen molar-refractivity contribution in [3.05, 3.63) is 53.7 Å². The first-order valence-electron chi connectivity index (χ1n) is 7.65. The number of rotatable bonds is 5. The number of halogens is 1. The molecule has 0 spiro atoms. The Morgan fingerprint density at radius 3 is 2.48 bits per heavy atom. The maximum Gasteiger partial charge on any atom is 0.180 e. The van der Waals surface area contributed by atoms with Gasteiger partial charge in [0.15, 0.2) is 15.7 Å². The second-order valence-corrected chi connectivity index (χ2v) is 8.65. The zero-order valence-electron chi connectivity index (χ0n) is 13.7. The summed E-state index contributed by atoms with van der Waals surface area (Å²) < 4.78 is 24.7. The number of sulfone groups is 1. The maximum absolute atomic E-state index is 12.3. The van der Waals surface area contributed by atoms with Gasteiger partial charge in [-0.25, -0.2) is 13.4 Å². The van der Waals surface area contributed by atoms with Gasteiger partial charge in [0.2, 0.25) is 0 Å². The standard InChI is InChI=1S/C17H17ClN4O2S/c1-11(2)25(23,24)13-8-15(18)19-16(9-13)20-17-10-14(21-22-17)12-6-4-3-5-7-12/h3-11H,1-2H3,(H2,19,20,21,22). The van der Waals surface area contributed by atoms with Crippen molar-refractivity contribution in [2.75, 3.05) is 5.32 Å². The monoisotopic (exact) mass is 376 g/mol. The topological polar surface area (TPSA) is 87.7 Å². The second kappa shape index (κ2) is 6.85. The van der Waals surface area contributed by atoms with Crippen LogP contribution in [0.25, 0.3) is 11.3 Å². The van der Waals surface area contributed by atoms with Crippen LogP contribution in [0, 0.1) is 0 Å². The summed E-state index contributed by atoms with van der Waals surface area (Å²) in [5, 5.41) is 9.64. The zero-order chi connectivity index (χ0) is 18.0. The van der Waals surface area contributed by atoms with Gasteiger partial charge in [-0.3, -0.25) is 5.10 Å². The van der Waals surface area contributed by atoms with Gasteiger partial charge in [0.25, 0.3) is 0 Å². The summed E-state index contributed by atoms with van der Waals surface area (Å²) in [7, 11) is -3.44. The number of aromatic nitrogens is 3. The van der Waals surface area contributed by atoms with Crippen LogP contribution in [-0.2, 0) is 9.84 Å². The van der Waals surface area contributed by atoms with E-state index in [1.165, 1.54) is 12.1 Å². The third kappa shape index (κ3) is 3.83. The molecule has 6 nitrogen and oxygen atoms in total. The molecule has 3 rings (SSSR count). The molecule has 0 aliphatic carbocycles. The minimum absolute atomic E-state index is 0.100. The van der Waals surface area contributed by atoms with Gasteiger partial charge in [0.1, 0.15) is 11.0 Å². The largest absolute Gasteiger partial charge is 0.323 e. The van der Waals surface area contributed by atoms with E-state index >= 15 is 0 Å². The van der Waals surface area contributed by atoms with Crippen LogP contribution in [0.2, 0.25) is 5.15 Å². The number of hydrogen-bond donors (Lipinski definition) is 2. The number of nitrogens with zero attached hydrogens (tertiary/aromatic N) is 2. The number of aromatic amines is 1. The number of nitrogens with one attached hydrogen (secondary N) is 2. The van der Waals surface area contributed by atoms with Crippen molar-refractivity contribution in [3.8, 4) is 11.3 Å². The van der Waals surface area contributed by atoms with Crippen molar-refractivity contribution < 1.29 is 8.42 Å². The van der Waals surface area contributed by atoms with Crippen molar-refractivity contribution in [2.24, 2.45) is 0 Å². The minimum Gasteiger partial charge on any atom is -0.323 e. The van der Waals surface area contributed by atoms with E-state index in [-0.39, 0.29) is 10.0 Å². The van der Waals surface area contributed by atoms with Crippen LogP contribution in [0.3, 0.4) is 0 Å². The molecule has 0 aliphatic rings. The van der Waals surface area contributed by atoms with Crippen molar-refractivity contribution in [1.29, 1.82) is 0 Å². The molecule has 0 unspecified atom stereocenters. The van der Waals surface area contributed by atoms with Crippen LogP contribution < -0.4 is 5.32 Å². The van der Waals surface area contributed by atoms with Crippen molar-refractivity contribution in [3.63, 3.8) is 0 Å². The molecular formula is C17H17ClN4O2S. The van der Waals surface area contributed by atoms with E-state index in [0.717, 1.165) is 11.3 Å². The number of pyridine rings is 1. The van der Waals surface area contributed by atoms with E-state index in [2.05, 4.69) is 20.5 Å². The molecule has 25 heavy (non-hydrogen) atoms. The molecule has 2 N–H and O–H groups in total. The normalized spacial score (nSPS) is 11.7. The molecule has 0 radical (unpaired) electrons. The Balaban J connectivity index is 1.89. The molecule has 0 fully saturated rings. The summed E-state index contributed by atoms with van der Waals surface area (Å²) in [6.07, 6.45) is 0. The second-order valence-electron chi connectivity index (χ2n) is 5.76. The Labute approximate surface area is 151 Å². The van der Waals surface area contributed by atoms with Crippen LogP contribution >= 0.6 is 11.6 Å². The molecule has 0 atom stereocenters. The highest BCUT2D eigenvalue weighted by atomic mass is 35.5. The van der Waals surface area contributed by atoms with E-state index in [0.29, 0.717) is 11.6 Å². The number of H-pyrrole nitrogens is 1. The van der Waals surface area contributed by atoms with Gasteiger partial charge in [-0.15, -0.1) is 0 Å². The third-order valence-corrected chi connectivity index (χ3v) is 5.96. The smallest absolute Gasteiger partial charge is 0.180 e. The number of hydrogen-bond acceptors (Lipinski definition) is 5. The Kier molecular flexibility index (Phi) is 4.78. The molecule has 2 aromatic heterocycles. The highest BCUT2D eigenvalue weighted by Crippen LogP contribution is 2.25. The van der Waals surface area contributed by atoms with Gasteiger partial charge in [-0.05, 0) is 31.5 Å². The average Bonchev–Trinajstić information content (AvgIpc) is 3.03. The Bertz CT molecular complexity index is 985. The Hall–Kier alpha value is -2.38. The summed E-state index contributed by atoms with van der Waals surface area (Å²) in [6, 6.07) is 14.3. The van der Waals surface area contributed by atoms with Crippen LogP contribution in [0.15, 0.2) is 53.4 Å². The van der Waals surface area contributed by atoms with Crippen LogP contribution in [0.1, 0.15) is 13.8 Å². The lowest BCUT2D eigenvalue weighted by atomic mass is 10.2. The summed E-state index contributed by atoms with van der Waals surface area (Å²) >= 11 is 5.98. The zero-order valence-corrected chi connectivity index (χ0v) is 15.3. The van der Waals surface area contributed by atoms with Gasteiger partial charge in [-0.1, -0.05) is 41.9 Å². The SMILES string of the molecule is CC(C)S(=O)(=O)c1cc(Cl)nc(Nc2cc(-c3ccccc3)[nH]n2)c1. The lowest BCUT2D eigenvalue weighted by Crippen LogP contribution is -2.14. The molecular weight excluding hydrogens is 360 g/mol. The molecule has 0 aliphatic heterocycles. The Morgan fingerprint density at radius 2 is 1.80 bits per heavy atom. The lowest BCUT2D eigenvalue weighted by molar-refractivity contribution is 0.587. The van der Waals surface area contributed by atoms with Gasteiger partial charge in [-0.2, -0.15) is 5.10 Å². The molecule has 2 heterocycles. The maximum atomic E-state index is 12.3. The highest BCUT2D eigenvalue weighted by Gasteiger charge is 2.21. The molecule has 0 bridgehead atoms. The first-order valence-corrected chi connectivity index (χ1v) is 9.58. The minimum atomic E-state index is -3.44. The van der Waals surface area contributed by atoms with E-state index in [1.807, 2.05) is 36.4 Å². The molecule has 8 heteroatoms. The molecule has 0 saturated carbocycles. The lowest BCUT2D eigenvalue weighted by Gasteiger charge is -2.10. The Morgan fingerprint density at radius 1 is 1.08 bits per heavy atom. The van der Waals surface area contributed by atoms with E-state index in [1.54, 1.807) is 13.8 Å². The molecule has 3 aromatic rings. The van der Waals surface area contributed by atoms with E-state index in [4.69, 9.17) is 11.6 Å². The fourth-order valence-electron chi connectivity index (χ4n) is 2.26. The van der Waals surface area contributed by atoms with Crippen molar-refractivity contribution >= 4 is 33.1 Å². The van der Waals surface area contributed by atoms with Crippen molar-refractivity contribution in [2.45, 2.75) is 24.0 Å². The highest BCUT2D eigenvalue weighted by molar-refractivity contribution is 7.92. The summed E-state index contributed by atoms with van der Waals surface area (Å²) in [5.41, 5.74) is 1.82. The third-order valence-electron chi connectivity index (χ3n) is 3.64. The fourth-order valence-corrected chi connectivity index (χ4v) is 3.63. The average molecular weight is 377 g/mol. The number of benzene rings is 1. The quantitative estimate of drug-likeness (QED) is 0.656. The van der Waals surface area contributed by atoms with E-state index in [9.17, 15) is 8.42 Å². The van der Waals surface area contributed by atoms with E-state index < -0.39 is 15.1 Å². The molecule has 130 valence electrons. The van der Waals surface area contributed by atoms with Gasteiger partial charge in [0.05, 0.1) is 15.8 Å². The van der Waals surface area contributed by atoms with Gasteiger partial charge >= 0.3 is 0 Å². The molecule has 0 amide bonds. The predicted octanol–water partition coefficient (Wildman–Crippen LogP) is 4.05. The van der Waals surface area contributed by atoms with Gasteiger partial charge < -0.3 is 5.32 Å². The summed E-state index contributed by atoms with van der Waals surface area (Å²) in [6.45, 7) is 3.24. The number of anilines is 2. The molecule has 0 saturated heterocycles. The fraction of sp³-hybridized carbons (Fsp3) is 0.176. The predicted molar refractivity (Wildman–Crippen MR) is 98.9 cm³/mol.